The minimum atomic E-state index is -0.515. The molecule has 1 aromatic heterocycles. The smallest absolute Gasteiger partial charge is 0.415 e. The van der Waals surface area contributed by atoms with E-state index in [0.717, 1.165) is 0 Å². The van der Waals surface area contributed by atoms with Crippen molar-refractivity contribution in [2.24, 2.45) is 0 Å². The zero-order valence-corrected chi connectivity index (χ0v) is 8.80. The highest BCUT2D eigenvalue weighted by Crippen LogP contribution is 2.17. The molecule has 2 rings (SSSR count). The number of methoxy groups -OCH3 is 1. The molecule has 16 heavy (non-hydrogen) atoms. The predicted molar refractivity (Wildman–Crippen MR) is 56.6 cm³/mol. The van der Waals surface area contributed by atoms with Crippen LogP contribution in [0.5, 0.6) is 0 Å². The number of rotatable bonds is 3. The van der Waals surface area contributed by atoms with Crippen LogP contribution in [0.2, 0.25) is 0 Å². The first-order valence-corrected chi connectivity index (χ1v) is 4.87. The fourth-order valence-corrected chi connectivity index (χ4v) is 1.62. The maximum absolute atomic E-state index is 11.5. The van der Waals surface area contributed by atoms with E-state index in [9.17, 15) is 9.59 Å². The Labute approximate surface area is 91.8 Å². The average molecular weight is 224 g/mol. The zero-order valence-electron chi connectivity index (χ0n) is 8.80. The molecule has 1 amide bonds. The number of anilines is 1. The Balaban J connectivity index is 2.20. The highest BCUT2D eigenvalue weighted by atomic mass is 16.6. The van der Waals surface area contributed by atoms with E-state index in [1.807, 2.05) is 0 Å². The molecule has 1 N–H and O–H groups in total. The van der Waals surface area contributed by atoms with Crippen LogP contribution in [0.3, 0.4) is 0 Å². The highest BCUT2D eigenvalue weighted by Gasteiger charge is 2.33. The van der Waals surface area contributed by atoms with Crippen LogP contribution in [0.1, 0.15) is 0 Å². The van der Waals surface area contributed by atoms with E-state index in [2.05, 4.69) is 4.98 Å². The molecule has 0 bridgehead atoms. The molecule has 0 radical (unpaired) electrons. The first kappa shape index (κ1) is 10.7. The molecule has 1 unspecified atom stereocenters. The second-order valence-corrected chi connectivity index (χ2v) is 3.46. The number of aromatic amines is 1. The normalized spacial score (nSPS) is 19.9. The van der Waals surface area contributed by atoms with Gasteiger partial charge >= 0.3 is 6.09 Å². The molecule has 6 heteroatoms. The molecule has 1 aliphatic rings. The number of H-pyrrole nitrogens is 1. The maximum atomic E-state index is 11.5. The van der Waals surface area contributed by atoms with Crippen LogP contribution >= 0.6 is 0 Å². The van der Waals surface area contributed by atoms with Crippen molar-refractivity contribution in [3.63, 3.8) is 0 Å². The third kappa shape index (κ3) is 1.92. The van der Waals surface area contributed by atoms with Gasteiger partial charge in [0.2, 0.25) is 0 Å². The van der Waals surface area contributed by atoms with Crippen molar-refractivity contribution < 1.29 is 14.3 Å². The van der Waals surface area contributed by atoms with Gasteiger partial charge in [0.1, 0.15) is 11.8 Å². The van der Waals surface area contributed by atoms with E-state index >= 15 is 0 Å². The summed E-state index contributed by atoms with van der Waals surface area (Å²) in [4.78, 5) is 26.8. The minimum absolute atomic E-state index is 0.297. The predicted octanol–water partition coefficient (Wildman–Crippen LogP) is 0.347. The maximum Gasteiger partial charge on any atom is 0.415 e. The molecule has 1 aliphatic heterocycles. The summed E-state index contributed by atoms with van der Waals surface area (Å²) in [6, 6.07) is 3.24. The fourth-order valence-electron chi connectivity index (χ4n) is 1.62. The number of amides is 1. The van der Waals surface area contributed by atoms with Gasteiger partial charge in [0.05, 0.1) is 13.2 Å². The Kier molecular flexibility index (Phi) is 2.91. The Morgan fingerprint density at radius 3 is 3.12 bits per heavy atom. The van der Waals surface area contributed by atoms with Crippen molar-refractivity contribution in [3.05, 3.63) is 28.7 Å². The van der Waals surface area contributed by atoms with Gasteiger partial charge in [-0.05, 0) is 12.1 Å². The molecule has 1 fully saturated rings. The van der Waals surface area contributed by atoms with Gasteiger partial charge in [-0.15, -0.1) is 0 Å². The minimum Gasteiger partial charge on any atom is -0.441 e. The van der Waals surface area contributed by atoms with E-state index in [-0.39, 0.29) is 11.7 Å². The number of nitrogens with zero attached hydrogens (tertiary/aromatic N) is 1. The van der Waals surface area contributed by atoms with Gasteiger partial charge in [-0.2, -0.15) is 0 Å². The molecule has 0 spiro atoms. The van der Waals surface area contributed by atoms with Crippen molar-refractivity contribution in [2.75, 3.05) is 25.2 Å². The molecular formula is C10H12N2O4. The first-order chi connectivity index (χ1) is 7.72. The SMILES string of the molecule is COCC1CN(c2ccc[nH]c2=O)C(=O)O1. The number of aromatic nitrogens is 1. The number of hydrogen-bond donors (Lipinski definition) is 1. The van der Waals surface area contributed by atoms with Crippen molar-refractivity contribution in [1.82, 2.24) is 4.98 Å². The van der Waals surface area contributed by atoms with E-state index < -0.39 is 6.09 Å². The second-order valence-electron chi connectivity index (χ2n) is 3.46. The van der Waals surface area contributed by atoms with Gasteiger partial charge < -0.3 is 14.5 Å². The summed E-state index contributed by atoms with van der Waals surface area (Å²) in [6.07, 6.45) is 0.677. The number of carbonyl (C=O) groups excluding carboxylic acids is 1. The van der Waals surface area contributed by atoms with Crippen molar-refractivity contribution in [1.29, 1.82) is 0 Å². The zero-order chi connectivity index (χ0) is 11.5. The van der Waals surface area contributed by atoms with Crippen LogP contribution in [-0.2, 0) is 9.47 Å². The molecule has 6 nitrogen and oxygen atoms in total. The highest BCUT2D eigenvalue weighted by molar-refractivity contribution is 5.89. The quantitative estimate of drug-likeness (QED) is 0.804. The molecule has 0 aromatic carbocycles. The summed E-state index contributed by atoms with van der Waals surface area (Å²) in [5.41, 5.74) is -0.0105. The number of carbonyl (C=O) groups is 1. The summed E-state index contributed by atoms with van der Waals surface area (Å²) in [5.74, 6) is 0. The largest absolute Gasteiger partial charge is 0.441 e. The van der Waals surface area contributed by atoms with Gasteiger partial charge in [0.15, 0.2) is 0 Å². The molecule has 0 saturated carbocycles. The second kappa shape index (κ2) is 4.36. The van der Waals surface area contributed by atoms with Crippen molar-refractivity contribution in [2.45, 2.75) is 6.10 Å². The fraction of sp³-hybridized carbons (Fsp3) is 0.400. The number of nitrogens with one attached hydrogen (secondary N) is 1. The van der Waals surface area contributed by atoms with Gasteiger partial charge in [-0.3, -0.25) is 9.69 Å². The van der Waals surface area contributed by atoms with Gasteiger partial charge in [-0.25, -0.2) is 4.79 Å². The monoisotopic (exact) mass is 224 g/mol. The lowest BCUT2D eigenvalue weighted by Gasteiger charge is -2.10. The lowest BCUT2D eigenvalue weighted by molar-refractivity contribution is 0.0718. The molecule has 1 atom stereocenters. The van der Waals surface area contributed by atoms with Crippen LogP contribution in [-0.4, -0.2) is 37.4 Å². The number of ether oxygens (including phenoxy) is 2. The molecule has 1 saturated heterocycles. The average Bonchev–Trinajstić information content (AvgIpc) is 2.61. The Morgan fingerprint density at radius 1 is 1.62 bits per heavy atom. The third-order valence-electron chi connectivity index (χ3n) is 2.31. The van der Waals surface area contributed by atoms with Crippen LogP contribution < -0.4 is 10.5 Å². The lowest BCUT2D eigenvalue weighted by atomic mass is 10.3. The van der Waals surface area contributed by atoms with E-state index in [1.165, 1.54) is 18.2 Å². The van der Waals surface area contributed by atoms with Crippen LogP contribution in [0.25, 0.3) is 0 Å². The molecule has 2 heterocycles. The van der Waals surface area contributed by atoms with E-state index in [1.54, 1.807) is 12.1 Å². The summed E-state index contributed by atoms with van der Waals surface area (Å²) in [5, 5.41) is 0. The Bertz CT molecular complexity index is 442. The lowest BCUT2D eigenvalue weighted by Crippen LogP contribution is -2.30. The van der Waals surface area contributed by atoms with Crippen LogP contribution in [0, 0.1) is 0 Å². The molecular weight excluding hydrogens is 212 g/mol. The number of pyridine rings is 1. The molecule has 86 valence electrons. The van der Waals surface area contributed by atoms with Gasteiger partial charge in [0.25, 0.3) is 5.56 Å². The summed E-state index contributed by atoms with van der Waals surface area (Å²) in [7, 11) is 1.53. The van der Waals surface area contributed by atoms with Crippen LogP contribution in [0.15, 0.2) is 23.1 Å². The van der Waals surface area contributed by atoms with E-state index in [0.29, 0.717) is 18.8 Å². The topological polar surface area (TPSA) is 71.6 Å². The number of cyclic esters (lactones) is 1. The summed E-state index contributed by atoms with van der Waals surface area (Å²) < 4.78 is 9.93. The molecule has 0 aliphatic carbocycles. The van der Waals surface area contributed by atoms with Gasteiger partial charge in [-0.1, -0.05) is 0 Å². The summed E-state index contributed by atoms with van der Waals surface area (Å²) in [6.45, 7) is 0.659. The van der Waals surface area contributed by atoms with Gasteiger partial charge in [0, 0.05) is 13.3 Å². The Morgan fingerprint density at radius 2 is 2.44 bits per heavy atom. The van der Waals surface area contributed by atoms with Crippen LogP contribution in [0.4, 0.5) is 10.5 Å². The number of hydrogen-bond acceptors (Lipinski definition) is 4. The Hall–Kier alpha value is -1.82. The van der Waals surface area contributed by atoms with E-state index in [4.69, 9.17) is 9.47 Å². The van der Waals surface area contributed by atoms with Crippen molar-refractivity contribution >= 4 is 11.8 Å². The first-order valence-electron chi connectivity index (χ1n) is 4.87. The van der Waals surface area contributed by atoms with Crippen molar-refractivity contribution in [3.8, 4) is 0 Å². The standard InChI is InChI=1S/C10H12N2O4/c1-15-6-7-5-12(10(14)16-7)8-3-2-4-11-9(8)13/h2-4,7H,5-6H2,1H3,(H,11,13). The summed E-state index contributed by atoms with van der Waals surface area (Å²) >= 11 is 0. The third-order valence-corrected chi connectivity index (χ3v) is 2.31. The molecule has 1 aromatic rings.